The molecule has 0 aliphatic carbocycles. The van der Waals surface area contributed by atoms with Crippen LogP contribution in [0.1, 0.15) is 120 Å². The van der Waals surface area contributed by atoms with E-state index in [0.717, 1.165) is 11.2 Å². The largest absolute Gasteiger partial charge is 0.463 e. The Labute approximate surface area is 882 Å². The summed E-state index contributed by atoms with van der Waals surface area (Å²) in [5.74, 6) is -19.4. The summed E-state index contributed by atoms with van der Waals surface area (Å²) < 4.78 is 218. The van der Waals surface area contributed by atoms with E-state index >= 15 is 0 Å². The number of carbonyl (C=O) groups excluding carboxylic acids is 8. The molecule has 4 aromatic heterocycles. The Balaban J connectivity index is 0.000000164. The molecule has 12 heterocycles. The number of benzene rings is 4. The monoisotopic (exact) mass is 2400 g/mol. The molecule has 147 heavy (non-hydrogen) atoms. The lowest BCUT2D eigenvalue weighted by Crippen LogP contribution is -2.47. The highest BCUT2D eigenvalue weighted by Gasteiger charge is 2.54. The van der Waals surface area contributed by atoms with Crippen molar-refractivity contribution in [3.05, 3.63) is 248 Å². The minimum atomic E-state index is -4.01. The fourth-order valence-corrected chi connectivity index (χ4v) is 22.2. The third kappa shape index (κ3) is 28.0. The van der Waals surface area contributed by atoms with Gasteiger partial charge in [-0.15, -0.1) is 45.3 Å². The van der Waals surface area contributed by atoms with E-state index in [2.05, 4.69) is 125 Å². The number of nitrogens with one attached hydrogen (secondary N) is 6. The van der Waals surface area contributed by atoms with Crippen molar-refractivity contribution in [3.63, 3.8) is 0 Å². The second-order valence-corrected chi connectivity index (χ2v) is 42.6. The summed E-state index contributed by atoms with van der Waals surface area (Å²) in [6, 6.07) is 6.93. The van der Waals surface area contributed by atoms with Gasteiger partial charge in [-0.1, -0.05) is 88.0 Å². The second-order valence-electron chi connectivity index (χ2n) is 33.9. The van der Waals surface area contributed by atoms with Gasteiger partial charge in [-0.3, -0.25) is 63.5 Å². The van der Waals surface area contributed by atoms with Gasteiger partial charge in [0.2, 0.25) is 27.7 Å². The van der Waals surface area contributed by atoms with Crippen LogP contribution < -0.4 is 37.0 Å². The number of rotatable bonds is 29. The van der Waals surface area contributed by atoms with Crippen molar-refractivity contribution in [2.75, 3.05) is 106 Å². The zero-order valence-electron chi connectivity index (χ0n) is 78.7. The highest BCUT2D eigenvalue weighted by molar-refractivity contribution is 9.11. The Hall–Kier alpha value is -11.1. The van der Waals surface area contributed by atoms with Crippen LogP contribution >= 0.6 is 109 Å². The maximum absolute atomic E-state index is 14.5. The molecule has 8 aliphatic heterocycles. The molecule has 4 unspecified atom stereocenters. The van der Waals surface area contributed by atoms with E-state index in [0.29, 0.717) is 77.7 Å². The molecule has 4 saturated heterocycles. The van der Waals surface area contributed by atoms with Gasteiger partial charge in [0.1, 0.15) is 47.4 Å². The zero-order chi connectivity index (χ0) is 107. The van der Waals surface area contributed by atoms with Crippen molar-refractivity contribution in [2.24, 2.45) is 25.7 Å². The summed E-state index contributed by atoms with van der Waals surface area (Å²) in [5.41, 5.74) is 8.21. The molecule has 0 spiro atoms. The lowest BCUT2D eigenvalue weighted by atomic mass is 9.95. The predicted octanol–water partition coefficient (Wildman–Crippen LogP) is 13.0. The molecule has 8 atom stereocenters. The van der Waals surface area contributed by atoms with E-state index in [4.69, 9.17) is 29.7 Å². The Morgan fingerprint density at radius 1 is 0.422 bits per heavy atom. The van der Waals surface area contributed by atoms with Crippen LogP contribution in [-0.4, -0.2) is 278 Å². The summed E-state index contributed by atoms with van der Waals surface area (Å²) in [5, 5.41) is 23.5. The molecule has 4 aromatic carbocycles. The van der Waals surface area contributed by atoms with E-state index < -0.39 is 205 Å². The molecule has 4 amide bonds. The highest BCUT2D eigenvalue weighted by Crippen LogP contribution is 2.46. The molecule has 786 valence electrons. The number of hydrogen-bond donors (Lipinski definition) is 7. The highest BCUT2D eigenvalue weighted by atomic mass is 79.9. The van der Waals surface area contributed by atoms with Crippen LogP contribution in [0.5, 0.6) is 0 Å². The van der Waals surface area contributed by atoms with Gasteiger partial charge in [0.25, 0.3) is 29.6 Å². The molecule has 8 aliphatic rings. The van der Waals surface area contributed by atoms with Crippen molar-refractivity contribution in [1.29, 1.82) is 0 Å². The third-order valence-electron chi connectivity index (χ3n) is 23.2. The molecular formula is C92H92Br4F12N20O14S5. The first kappa shape index (κ1) is 113. The number of halogens is 16. The maximum Gasteiger partial charge on any atom is 0.338 e. The van der Waals surface area contributed by atoms with Crippen LogP contribution in [0.3, 0.4) is 0 Å². The van der Waals surface area contributed by atoms with Crippen molar-refractivity contribution in [2.45, 2.75) is 125 Å². The Morgan fingerprint density at radius 3 is 0.891 bits per heavy atom. The summed E-state index contributed by atoms with van der Waals surface area (Å²) in [4.78, 5) is 145. The number of aliphatic imine (C=N–C) groups is 4. The summed E-state index contributed by atoms with van der Waals surface area (Å²) in [6.07, 6.45) is 4.10. The number of likely N-dealkylation sites (tertiary alicyclic amines) is 4. The van der Waals surface area contributed by atoms with Crippen molar-refractivity contribution >= 4 is 190 Å². The van der Waals surface area contributed by atoms with Crippen LogP contribution in [0.15, 0.2) is 202 Å². The molecular weight excluding hydrogens is 2320 g/mol. The van der Waals surface area contributed by atoms with Gasteiger partial charge in [-0.25, -0.2) is 100 Å². The molecule has 0 bridgehead atoms. The lowest BCUT2D eigenvalue weighted by molar-refractivity contribution is -0.139. The van der Waals surface area contributed by atoms with Gasteiger partial charge in [-0.05, 0) is 98.5 Å². The second kappa shape index (κ2) is 48.2. The number of nitrogens with two attached hydrogens (primary N) is 1. The SMILES string of the molecule is CCOC(=O)C1=C(CN2CC(F)(F)C[C@H]2C(=O)N(C)C)NC(c2nccs2)=NC1c1ccc(F)cc1Br.CCOC(=O)C1=C(CN2CC(F)(F)C[C@H]2C(=O)NC)NC(c2nccs2)=NC1c1ccc(F)cc1Br.CCOC(=O)C1=C(CN2CC(F)(F)C[C@H]2C(=O)NS(C)(=O)=O)NC(c2nccs2)=NC1c1ccc(F)cc1Br.CCOC(=O)C1=C(CN2CC(F)(F)C[C@H]2C(N)=O)NC(c2nccs2)=NC1c1ccc(F)cc1Br. The minimum Gasteiger partial charge on any atom is -0.463 e. The number of aromatic nitrogens is 4. The number of likely N-dealkylation sites (N-methyl/N-ethyl adjacent to an activating group) is 2. The zero-order valence-corrected chi connectivity index (χ0v) is 89.1. The Morgan fingerprint density at radius 2 is 0.667 bits per heavy atom. The lowest BCUT2D eigenvalue weighted by Gasteiger charge is -2.31. The fourth-order valence-electron chi connectivity index (χ4n) is 17.0. The van der Waals surface area contributed by atoms with Crippen LogP contribution in [0.25, 0.3) is 0 Å². The first-order chi connectivity index (χ1) is 69.5. The van der Waals surface area contributed by atoms with Crippen molar-refractivity contribution < 1.29 is 118 Å². The molecule has 16 rings (SSSR count). The van der Waals surface area contributed by atoms with Crippen LogP contribution in [0.4, 0.5) is 52.7 Å². The van der Waals surface area contributed by atoms with E-state index in [1.54, 1.807) is 72.5 Å². The fraction of sp³-hybridized carbons (Fsp3) is 0.391. The average Bonchev–Trinajstić information content (AvgIpc) is 1.74. The molecule has 0 saturated carbocycles. The molecule has 8 aromatic rings. The molecule has 4 fully saturated rings. The summed E-state index contributed by atoms with van der Waals surface area (Å²) in [7, 11) is 0.388. The van der Waals surface area contributed by atoms with Gasteiger partial charge in [0.05, 0.1) is 105 Å². The van der Waals surface area contributed by atoms with E-state index in [1.807, 2.05) is 0 Å². The number of thiazole rings is 4. The number of amides is 4. The number of esters is 4. The third-order valence-corrected chi connectivity index (χ3v) is 29.6. The number of sulfonamides is 1. The maximum atomic E-state index is 14.5. The topological polar surface area (TPSA) is 423 Å². The minimum absolute atomic E-state index is 0.00283. The first-order valence-electron chi connectivity index (χ1n) is 44.6. The Bertz CT molecular complexity index is 6690. The number of carbonyl (C=O) groups is 8. The van der Waals surface area contributed by atoms with Crippen LogP contribution in [0.2, 0.25) is 0 Å². The van der Waals surface area contributed by atoms with Crippen LogP contribution in [0, 0.1) is 23.3 Å². The van der Waals surface area contributed by atoms with Crippen molar-refractivity contribution in [1.82, 2.24) is 75.7 Å². The van der Waals surface area contributed by atoms with E-state index in [9.17, 15) is 99.5 Å². The van der Waals surface area contributed by atoms with Crippen LogP contribution in [-0.2, 0) is 67.3 Å². The van der Waals surface area contributed by atoms with E-state index in [-0.39, 0.29) is 104 Å². The number of hydrogen-bond acceptors (Lipinski definition) is 34. The first-order valence-corrected chi connectivity index (χ1v) is 53.2. The smallest absolute Gasteiger partial charge is 0.338 e. The summed E-state index contributed by atoms with van der Waals surface area (Å²) in [6.45, 7) is 2.84. The van der Waals surface area contributed by atoms with Gasteiger partial charge in [0, 0.05) is 160 Å². The molecule has 8 N–H and O–H groups in total. The van der Waals surface area contributed by atoms with Gasteiger partial charge < -0.3 is 56.2 Å². The number of nitrogens with zero attached hydrogens (tertiary/aromatic N) is 13. The van der Waals surface area contributed by atoms with Crippen molar-refractivity contribution in [3.8, 4) is 0 Å². The number of ether oxygens (including phenoxy) is 4. The predicted molar refractivity (Wildman–Crippen MR) is 534 cm³/mol. The standard InChI is InChI=1S/C24H25BrF3N5O3S.C23H23BrF3N5O5S2.C23H23BrF3N5O3S.C22H21BrF3N5O3S/c1-4-36-23(35)18-16(11-33-12-24(27,28)10-17(33)22(34)32(2)3)30-20(21-29-7-8-37-21)31-19(18)14-6-5-13(26)9-15(14)25;1-3-37-22(34)17-15(10-32-11-23(26,27)9-16(32)20(33)31-39(2,35)36)29-19(21-28-6-7-38-21)30-18(17)13-5-4-12(25)8-14(13)24;1-3-35-22(34)17-15(10-32-11-23(26,27)9-16(32)20(33)28-2)30-19(21-29-6-7-36-21)31-18(17)13-5-4-12(25)8-14(13)24;1-2-34-21(33)16-14(9-31-10-22(25,26)8-15(31)18(27)32)29-19(20-28-5-6-35-20)30-17(16)12-4-3-11(24)7-13(12)23/h5-9,17,19H,4,10-12H2,1-3H3,(H,30,31);4-8,16,18H,3,9-11H2,1-2H3,(H,29,30)(H,31,33);4-8,16,18H,3,9-11H2,1-2H3,(H,28,33)(H,30,31);3-7,15,17H,2,8-10H2,1H3,(H2,27,32)(H,29,30)/t17-,19?;2*16-,18?;15-,17?/m0000/s1. The summed E-state index contributed by atoms with van der Waals surface area (Å²) >= 11 is 18.4. The van der Waals surface area contributed by atoms with Gasteiger partial charge in [-0.2, -0.15) is 0 Å². The van der Waals surface area contributed by atoms with E-state index in [1.165, 1.54) is 165 Å². The number of amidine groups is 4. The molecule has 0 radical (unpaired) electrons. The van der Waals surface area contributed by atoms with Gasteiger partial charge in [0.15, 0.2) is 43.4 Å². The number of primary amides is 1. The Kier molecular flexibility index (Phi) is 37.1. The quantitative estimate of drug-likeness (QED) is 0.0130. The van der Waals surface area contributed by atoms with Gasteiger partial charge >= 0.3 is 23.9 Å². The average molecular weight is 2410 g/mol. The molecule has 55 heteroatoms. The normalized spacial score (nSPS) is 21.6. The number of alkyl halides is 8. The molecule has 34 nitrogen and oxygen atoms in total.